The number of amides is 1. The van der Waals surface area contributed by atoms with Gasteiger partial charge in [-0.2, -0.15) is 0 Å². The summed E-state index contributed by atoms with van der Waals surface area (Å²) in [5, 5.41) is 14.1. The van der Waals surface area contributed by atoms with Gasteiger partial charge in [0.1, 0.15) is 11.3 Å². The Balaban J connectivity index is 1.67. The first kappa shape index (κ1) is 17.7. The third-order valence-corrected chi connectivity index (χ3v) is 5.22. The number of pyridine rings is 1. The van der Waals surface area contributed by atoms with Gasteiger partial charge in [-0.15, -0.1) is 0 Å². The van der Waals surface area contributed by atoms with Gasteiger partial charge in [0.25, 0.3) is 5.91 Å². The number of benzene rings is 1. The third-order valence-electron chi connectivity index (χ3n) is 5.22. The number of aromatic nitrogens is 1. The second-order valence-corrected chi connectivity index (χ2v) is 7.43. The highest BCUT2D eigenvalue weighted by atomic mass is 16.5. The monoisotopic (exact) mass is 342 g/mol. The van der Waals surface area contributed by atoms with E-state index in [4.69, 9.17) is 4.74 Å². The summed E-state index contributed by atoms with van der Waals surface area (Å²) in [4.78, 5) is 16.9. The highest BCUT2D eigenvalue weighted by molar-refractivity contribution is 5.98. The Hall–Kier alpha value is -2.14. The molecule has 0 spiro atoms. The van der Waals surface area contributed by atoms with Crippen molar-refractivity contribution in [3.8, 4) is 5.75 Å². The van der Waals surface area contributed by atoms with Gasteiger partial charge in [-0.3, -0.25) is 9.78 Å². The number of rotatable bonds is 4. The van der Waals surface area contributed by atoms with Crippen LogP contribution in [0.1, 0.15) is 49.9 Å². The second-order valence-electron chi connectivity index (χ2n) is 7.43. The van der Waals surface area contributed by atoms with Crippen molar-refractivity contribution in [2.75, 3.05) is 7.11 Å². The molecule has 1 aromatic carbocycles. The van der Waals surface area contributed by atoms with Gasteiger partial charge in [-0.1, -0.05) is 12.1 Å². The summed E-state index contributed by atoms with van der Waals surface area (Å²) in [5.41, 5.74) is 0.675. The van der Waals surface area contributed by atoms with Gasteiger partial charge in [0.2, 0.25) is 0 Å². The van der Waals surface area contributed by atoms with E-state index in [9.17, 15) is 9.90 Å². The van der Waals surface area contributed by atoms with Gasteiger partial charge < -0.3 is 15.2 Å². The van der Waals surface area contributed by atoms with Crippen molar-refractivity contribution in [1.29, 1.82) is 0 Å². The molecule has 0 unspecified atom stereocenters. The Morgan fingerprint density at radius 3 is 2.64 bits per heavy atom. The first-order valence-electron chi connectivity index (χ1n) is 8.84. The van der Waals surface area contributed by atoms with Crippen LogP contribution in [0.15, 0.2) is 30.5 Å². The molecular weight excluding hydrogens is 316 g/mol. The maximum Gasteiger partial charge on any atom is 0.253 e. The molecule has 1 aliphatic carbocycles. The number of fused-ring (bicyclic) bond motifs is 1. The normalized spacial score (nSPS) is 21.1. The maximum absolute atomic E-state index is 12.6. The molecule has 1 fully saturated rings. The number of carbonyl (C=O) groups excluding carboxylic acids is 1. The van der Waals surface area contributed by atoms with Crippen LogP contribution < -0.4 is 10.1 Å². The fourth-order valence-electron chi connectivity index (χ4n) is 3.63. The van der Waals surface area contributed by atoms with Crippen molar-refractivity contribution < 1.29 is 14.6 Å². The lowest BCUT2D eigenvalue weighted by Crippen LogP contribution is -2.41. The molecule has 3 rings (SSSR count). The first-order valence-corrected chi connectivity index (χ1v) is 8.84. The molecule has 1 heterocycles. The summed E-state index contributed by atoms with van der Waals surface area (Å²) in [5.74, 6) is 0.911. The SMILES string of the molecule is COc1cccc2cc(C(=O)NC3CCC(C(C)(C)O)CC3)cnc12. The Bertz CT molecular complexity index is 759. The minimum Gasteiger partial charge on any atom is -0.494 e. The lowest BCUT2D eigenvalue weighted by molar-refractivity contribution is -0.00257. The van der Waals surface area contributed by atoms with E-state index in [0.717, 1.165) is 36.6 Å². The quantitative estimate of drug-likeness (QED) is 0.894. The molecule has 1 amide bonds. The molecule has 0 radical (unpaired) electrons. The fourth-order valence-corrected chi connectivity index (χ4v) is 3.63. The van der Waals surface area contributed by atoms with E-state index in [-0.39, 0.29) is 11.9 Å². The average molecular weight is 342 g/mol. The van der Waals surface area contributed by atoms with Crippen LogP contribution in [-0.2, 0) is 0 Å². The molecule has 1 saturated carbocycles. The first-order chi connectivity index (χ1) is 11.9. The zero-order valence-corrected chi connectivity index (χ0v) is 15.1. The summed E-state index contributed by atoms with van der Waals surface area (Å²) in [7, 11) is 1.61. The van der Waals surface area contributed by atoms with Crippen LogP contribution in [0.3, 0.4) is 0 Å². The van der Waals surface area contributed by atoms with Crippen molar-refractivity contribution in [2.24, 2.45) is 5.92 Å². The molecule has 5 nitrogen and oxygen atoms in total. The van der Waals surface area contributed by atoms with Crippen LogP contribution >= 0.6 is 0 Å². The van der Waals surface area contributed by atoms with E-state index in [0.29, 0.717) is 17.2 Å². The van der Waals surface area contributed by atoms with Crippen LogP contribution in [0, 0.1) is 5.92 Å². The standard InChI is InChI=1S/C20H26N2O3/c1-20(2,24)15-7-9-16(10-8-15)22-19(23)14-11-13-5-4-6-17(25-3)18(13)21-12-14/h4-6,11-12,15-16,24H,7-10H2,1-3H3,(H,22,23). The Morgan fingerprint density at radius 1 is 1.28 bits per heavy atom. The van der Waals surface area contributed by atoms with Crippen LogP contribution in [-0.4, -0.2) is 34.8 Å². The maximum atomic E-state index is 12.6. The van der Waals surface area contributed by atoms with Crippen LogP contribution in [0.25, 0.3) is 10.9 Å². The molecule has 1 aliphatic rings. The molecule has 5 heteroatoms. The molecular formula is C20H26N2O3. The number of hydrogen-bond donors (Lipinski definition) is 2. The molecule has 0 atom stereocenters. The van der Waals surface area contributed by atoms with E-state index >= 15 is 0 Å². The number of nitrogens with zero attached hydrogens (tertiary/aromatic N) is 1. The fraction of sp³-hybridized carbons (Fsp3) is 0.500. The van der Waals surface area contributed by atoms with E-state index < -0.39 is 5.60 Å². The summed E-state index contributed by atoms with van der Waals surface area (Å²) in [6.07, 6.45) is 5.26. The topological polar surface area (TPSA) is 71.5 Å². The highest BCUT2D eigenvalue weighted by Crippen LogP contribution is 2.32. The van der Waals surface area contributed by atoms with Gasteiger partial charge >= 0.3 is 0 Å². The largest absolute Gasteiger partial charge is 0.494 e. The number of hydrogen-bond acceptors (Lipinski definition) is 4. The Morgan fingerprint density at radius 2 is 2.00 bits per heavy atom. The van der Waals surface area contributed by atoms with Gasteiger partial charge in [0, 0.05) is 17.6 Å². The zero-order valence-electron chi connectivity index (χ0n) is 15.1. The molecule has 0 saturated heterocycles. The van der Waals surface area contributed by atoms with Crippen molar-refractivity contribution in [3.05, 3.63) is 36.0 Å². The van der Waals surface area contributed by atoms with E-state index in [1.165, 1.54) is 0 Å². The minimum atomic E-state index is -0.643. The minimum absolute atomic E-state index is 0.0936. The molecule has 0 bridgehead atoms. The number of carbonyl (C=O) groups is 1. The van der Waals surface area contributed by atoms with Crippen molar-refractivity contribution >= 4 is 16.8 Å². The second kappa shape index (κ2) is 7.00. The number of methoxy groups -OCH3 is 1. The van der Waals surface area contributed by atoms with Crippen LogP contribution in [0.4, 0.5) is 0 Å². The molecule has 25 heavy (non-hydrogen) atoms. The summed E-state index contributed by atoms with van der Waals surface area (Å²) in [6.45, 7) is 3.73. The van der Waals surface area contributed by atoms with Gasteiger partial charge in [-0.25, -0.2) is 0 Å². The summed E-state index contributed by atoms with van der Waals surface area (Å²) in [6, 6.07) is 7.68. The smallest absolute Gasteiger partial charge is 0.253 e. The van der Waals surface area contributed by atoms with E-state index in [1.54, 1.807) is 13.3 Å². The molecule has 134 valence electrons. The van der Waals surface area contributed by atoms with Crippen LogP contribution in [0.2, 0.25) is 0 Å². The number of nitrogens with one attached hydrogen (secondary N) is 1. The van der Waals surface area contributed by atoms with Crippen molar-refractivity contribution in [3.63, 3.8) is 0 Å². The Labute approximate surface area is 148 Å². The van der Waals surface area contributed by atoms with E-state index in [1.807, 2.05) is 38.1 Å². The average Bonchev–Trinajstić information content (AvgIpc) is 2.60. The number of para-hydroxylation sites is 1. The zero-order chi connectivity index (χ0) is 18.0. The highest BCUT2D eigenvalue weighted by Gasteiger charge is 2.31. The molecule has 2 N–H and O–H groups in total. The molecule has 0 aliphatic heterocycles. The lowest BCUT2D eigenvalue weighted by Gasteiger charge is -2.36. The molecule has 2 aromatic rings. The van der Waals surface area contributed by atoms with Crippen LogP contribution in [0.5, 0.6) is 5.75 Å². The Kier molecular flexibility index (Phi) is 4.95. The molecule has 1 aromatic heterocycles. The lowest BCUT2D eigenvalue weighted by atomic mass is 9.77. The third kappa shape index (κ3) is 3.93. The predicted molar refractivity (Wildman–Crippen MR) is 97.8 cm³/mol. The van der Waals surface area contributed by atoms with Gasteiger partial charge in [0.15, 0.2) is 0 Å². The van der Waals surface area contributed by atoms with E-state index in [2.05, 4.69) is 10.3 Å². The summed E-state index contributed by atoms with van der Waals surface area (Å²) >= 11 is 0. The van der Waals surface area contributed by atoms with Crippen molar-refractivity contribution in [1.82, 2.24) is 10.3 Å². The van der Waals surface area contributed by atoms with Crippen molar-refractivity contribution in [2.45, 2.75) is 51.2 Å². The number of ether oxygens (including phenoxy) is 1. The number of aliphatic hydroxyl groups is 1. The predicted octanol–water partition coefficient (Wildman–Crippen LogP) is 3.30. The van der Waals surface area contributed by atoms with Gasteiger partial charge in [-0.05, 0) is 57.6 Å². The van der Waals surface area contributed by atoms with Gasteiger partial charge in [0.05, 0.1) is 18.3 Å². The summed E-state index contributed by atoms with van der Waals surface area (Å²) < 4.78 is 5.30.